The second-order valence-corrected chi connectivity index (χ2v) is 7.66. The maximum absolute atomic E-state index is 12.1. The van der Waals surface area contributed by atoms with E-state index < -0.39 is 12.1 Å². The third-order valence-corrected chi connectivity index (χ3v) is 4.40. The molecule has 0 amide bonds. The van der Waals surface area contributed by atoms with Gasteiger partial charge in [0.15, 0.2) is 18.5 Å². The number of H-pyrrole nitrogens is 1. The smallest absolute Gasteiger partial charge is 0.344 e. The molecule has 3 rings (SSSR count). The molecule has 0 saturated carbocycles. The standard InChI is InChI=1S/C22H24N2O4/c1-14(20-23-18-8-6-5-7-17(18)21(26)24-20)28-19(25)13-27-16-11-9-15(10-12-16)22(2,3)4/h5-12,14H,13H2,1-4H3,(H,23,24,26)/t14-/m0/s1. The second-order valence-electron chi connectivity index (χ2n) is 7.66. The van der Waals surface area contributed by atoms with Gasteiger partial charge in [0, 0.05) is 0 Å². The predicted molar refractivity (Wildman–Crippen MR) is 108 cm³/mol. The van der Waals surface area contributed by atoms with Crippen molar-refractivity contribution in [2.75, 3.05) is 6.61 Å². The lowest BCUT2D eigenvalue weighted by atomic mass is 9.87. The number of benzene rings is 2. The van der Waals surface area contributed by atoms with Crippen LogP contribution in [0.3, 0.4) is 0 Å². The molecule has 0 saturated heterocycles. The Balaban J connectivity index is 1.61. The molecular weight excluding hydrogens is 356 g/mol. The van der Waals surface area contributed by atoms with Crippen LogP contribution in [-0.2, 0) is 14.9 Å². The highest BCUT2D eigenvalue weighted by atomic mass is 16.6. The molecule has 1 atom stereocenters. The Labute approximate surface area is 163 Å². The molecule has 0 aliphatic heterocycles. The molecule has 1 heterocycles. The van der Waals surface area contributed by atoms with Gasteiger partial charge in [-0.3, -0.25) is 4.79 Å². The minimum Gasteiger partial charge on any atom is -0.482 e. The summed E-state index contributed by atoms with van der Waals surface area (Å²) in [7, 11) is 0. The molecule has 6 nitrogen and oxygen atoms in total. The molecule has 3 aromatic rings. The van der Waals surface area contributed by atoms with E-state index in [1.165, 1.54) is 5.56 Å². The molecule has 146 valence electrons. The monoisotopic (exact) mass is 380 g/mol. The van der Waals surface area contributed by atoms with Crippen molar-refractivity contribution in [3.8, 4) is 5.75 Å². The van der Waals surface area contributed by atoms with E-state index in [-0.39, 0.29) is 17.6 Å². The van der Waals surface area contributed by atoms with Crippen molar-refractivity contribution >= 4 is 16.9 Å². The van der Waals surface area contributed by atoms with E-state index in [1.54, 1.807) is 31.2 Å². The van der Waals surface area contributed by atoms with Crippen LogP contribution in [0.15, 0.2) is 53.3 Å². The molecular formula is C22H24N2O4. The first kappa shape index (κ1) is 19.6. The Hall–Kier alpha value is -3.15. The summed E-state index contributed by atoms with van der Waals surface area (Å²) in [5.41, 5.74) is 1.52. The number of aromatic nitrogens is 2. The van der Waals surface area contributed by atoms with E-state index in [4.69, 9.17) is 9.47 Å². The van der Waals surface area contributed by atoms with Crippen molar-refractivity contribution in [2.24, 2.45) is 0 Å². The lowest BCUT2D eigenvalue weighted by molar-refractivity contribution is -0.151. The lowest BCUT2D eigenvalue weighted by Gasteiger charge is -2.19. The zero-order valence-corrected chi connectivity index (χ0v) is 16.5. The number of carbonyl (C=O) groups excluding carboxylic acids is 1. The number of hydrogen-bond donors (Lipinski definition) is 1. The third-order valence-electron chi connectivity index (χ3n) is 4.40. The minimum absolute atomic E-state index is 0.0522. The van der Waals surface area contributed by atoms with Gasteiger partial charge in [-0.2, -0.15) is 0 Å². The fourth-order valence-corrected chi connectivity index (χ4v) is 2.78. The Morgan fingerprint density at radius 3 is 2.46 bits per heavy atom. The number of nitrogens with zero attached hydrogens (tertiary/aromatic N) is 1. The first-order chi connectivity index (χ1) is 13.2. The molecule has 0 aliphatic carbocycles. The molecule has 0 unspecified atom stereocenters. The van der Waals surface area contributed by atoms with Crippen LogP contribution in [0, 0.1) is 0 Å². The van der Waals surface area contributed by atoms with Crippen molar-refractivity contribution in [1.82, 2.24) is 9.97 Å². The van der Waals surface area contributed by atoms with E-state index in [0.29, 0.717) is 22.5 Å². The van der Waals surface area contributed by atoms with E-state index in [0.717, 1.165) is 0 Å². The van der Waals surface area contributed by atoms with Crippen LogP contribution >= 0.6 is 0 Å². The molecule has 1 aromatic heterocycles. The Bertz CT molecular complexity index is 1030. The molecule has 2 aromatic carbocycles. The Morgan fingerprint density at radius 2 is 1.79 bits per heavy atom. The van der Waals surface area contributed by atoms with Gasteiger partial charge in [0.2, 0.25) is 0 Å². The summed E-state index contributed by atoms with van der Waals surface area (Å²) in [6, 6.07) is 14.6. The summed E-state index contributed by atoms with van der Waals surface area (Å²) < 4.78 is 10.8. The first-order valence-electron chi connectivity index (χ1n) is 9.16. The summed E-state index contributed by atoms with van der Waals surface area (Å²) in [6.07, 6.45) is -0.698. The summed E-state index contributed by atoms with van der Waals surface area (Å²) in [5.74, 6) is 0.352. The zero-order chi connectivity index (χ0) is 20.3. The number of hydrogen-bond acceptors (Lipinski definition) is 5. The van der Waals surface area contributed by atoms with Crippen LogP contribution in [0.5, 0.6) is 5.75 Å². The average Bonchev–Trinajstić information content (AvgIpc) is 2.66. The zero-order valence-electron chi connectivity index (χ0n) is 16.5. The van der Waals surface area contributed by atoms with Crippen molar-refractivity contribution in [3.05, 3.63) is 70.3 Å². The normalized spacial score (nSPS) is 12.6. The van der Waals surface area contributed by atoms with Crippen molar-refractivity contribution < 1.29 is 14.3 Å². The number of aromatic amines is 1. The van der Waals surface area contributed by atoms with Gasteiger partial charge < -0.3 is 14.5 Å². The largest absolute Gasteiger partial charge is 0.482 e. The van der Waals surface area contributed by atoms with Crippen LogP contribution in [0.1, 0.15) is 45.2 Å². The fourth-order valence-electron chi connectivity index (χ4n) is 2.78. The number of ether oxygens (including phenoxy) is 2. The number of carbonyl (C=O) groups is 1. The quantitative estimate of drug-likeness (QED) is 0.679. The molecule has 28 heavy (non-hydrogen) atoms. The van der Waals surface area contributed by atoms with E-state index in [1.807, 2.05) is 24.3 Å². The van der Waals surface area contributed by atoms with Crippen LogP contribution in [0.2, 0.25) is 0 Å². The highest BCUT2D eigenvalue weighted by Gasteiger charge is 2.17. The summed E-state index contributed by atoms with van der Waals surface area (Å²) in [6.45, 7) is 7.83. The lowest BCUT2D eigenvalue weighted by Crippen LogP contribution is -2.20. The minimum atomic E-state index is -0.698. The van der Waals surface area contributed by atoms with Crippen LogP contribution < -0.4 is 10.3 Å². The molecule has 6 heteroatoms. The van der Waals surface area contributed by atoms with Gasteiger partial charge in [-0.25, -0.2) is 9.78 Å². The van der Waals surface area contributed by atoms with Gasteiger partial charge >= 0.3 is 5.97 Å². The van der Waals surface area contributed by atoms with Crippen molar-refractivity contribution in [1.29, 1.82) is 0 Å². The summed E-state index contributed by atoms with van der Waals surface area (Å²) in [4.78, 5) is 31.3. The Kier molecular flexibility index (Phi) is 5.49. The summed E-state index contributed by atoms with van der Waals surface area (Å²) in [5, 5.41) is 0.492. The Morgan fingerprint density at radius 1 is 1.11 bits per heavy atom. The highest BCUT2D eigenvalue weighted by Crippen LogP contribution is 2.24. The van der Waals surface area contributed by atoms with Gasteiger partial charge in [-0.05, 0) is 42.2 Å². The van der Waals surface area contributed by atoms with Gasteiger partial charge in [0.25, 0.3) is 5.56 Å². The topological polar surface area (TPSA) is 81.3 Å². The van der Waals surface area contributed by atoms with E-state index in [9.17, 15) is 9.59 Å². The number of fused-ring (bicyclic) bond motifs is 1. The second kappa shape index (κ2) is 7.84. The maximum atomic E-state index is 12.1. The number of rotatable bonds is 5. The number of esters is 1. The van der Waals surface area contributed by atoms with Crippen molar-refractivity contribution in [2.45, 2.75) is 39.2 Å². The summed E-state index contributed by atoms with van der Waals surface area (Å²) >= 11 is 0. The number of para-hydroxylation sites is 1. The third kappa shape index (κ3) is 4.57. The highest BCUT2D eigenvalue weighted by molar-refractivity contribution is 5.77. The molecule has 0 radical (unpaired) electrons. The average molecular weight is 380 g/mol. The molecule has 0 spiro atoms. The van der Waals surface area contributed by atoms with E-state index in [2.05, 4.69) is 30.7 Å². The molecule has 0 bridgehead atoms. The van der Waals surface area contributed by atoms with E-state index >= 15 is 0 Å². The van der Waals surface area contributed by atoms with Crippen LogP contribution in [0.4, 0.5) is 0 Å². The fraction of sp³-hybridized carbons (Fsp3) is 0.318. The predicted octanol–water partition coefficient (Wildman–Crippen LogP) is 3.90. The molecule has 1 N–H and O–H groups in total. The van der Waals surface area contributed by atoms with Gasteiger partial charge in [0.1, 0.15) is 5.75 Å². The number of nitrogens with one attached hydrogen (secondary N) is 1. The van der Waals surface area contributed by atoms with Crippen molar-refractivity contribution in [3.63, 3.8) is 0 Å². The van der Waals surface area contributed by atoms with Gasteiger partial charge in [-0.15, -0.1) is 0 Å². The molecule has 0 fully saturated rings. The van der Waals surface area contributed by atoms with Crippen LogP contribution in [0.25, 0.3) is 10.9 Å². The van der Waals surface area contributed by atoms with Gasteiger partial charge in [-0.1, -0.05) is 45.0 Å². The maximum Gasteiger partial charge on any atom is 0.344 e. The SMILES string of the molecule is C[C@H](OC(=O)COc1ccc(C(C)(C)C)cc1)c1nc2ccccc2c(=O)[nH]1. The first-order valence-corrected chi connectivity index (χ1v) is 9.16. The molecule has 0 aliphatic rings. The van der Waals surface area contributed by atoms with Gasteiger partial charge in [0.05, 0.1) is 10.9 Å². The van der Waals surface area contributed by atoms with Crippen LogP contribution in [-0.4, -0.2) is 22.5 Å².